The number of hydrogen-bond donors (Lipinski definition) is 1. The van der Waals surface area contributed by atoms with E-state index in [1.165, 1.54) is 0 Å². The number of rotatable bonds is 10. The predicted molar refractivity (Wildman–Crippen MR) is 81.5 cm³/mol. The third kappa shape index (κ3) is 5.43. The maximum atomic E-state index is 12.2. The summed E-state index contributed by atoms with van der Waals surface area (Å²) in [4.78, 5) is 12.2. The minimum Gasteiger partial charge on any atom is -0.493 e. The topological polar surface area (TPSA) is 69.2 Å². The molecule has 1 aromatic rings. The Labute approximate surface area is 125 Å². The van der Waals surface area contributed by atoms with Gasteiger partial charge in [-0.2, -0.15) is 5.10 Å². The molecule has 0 aromatic heterocycles. The van der Waals surface area contributed by atoms with E-state index in [4.69, 9.17) is 14.2 Å². The Kier molecular flexibility index (Phi) is 7.25. The number of carbonyl (C=O) groups excluding carboxylic acids is 1. The third-order valence-corrected chi connectivity index (χ3v) is 2.83. The monoisotopic (exact) mass is 294 g/mol. The van der Waals surface area contributed by atoms with E-state index in [9.17, 15) is 4.79 Å². The second-order valence-electron chi connectivity index (χ2n) is 4.52. The normalized spacial score (nSPS) is 11.6. The third-order valence-electron chi connectivity index (χ3n) is 2.83. The lowest BCUT2D eigenvalue weighted by molar-refractivity contribution is 0.0971. The van der Waals surface area contributed by atoms with E-state index in [2.05, 4.69) is 17.2 Å². The number of hydrogen-bond acceptors (Lipinski definition) is 6. The van der Waals surface area contributed by atoms with Crippen LogP contribution < -0.4 is 14.9 Å². The van der Waals surface area contributed by atoms with Gasteiger partial charge in [0.25, 0.3) is 0 Å². The van der Waals surface area contributed by atoms with Crippen LogP contribution in [0.25, 0.3) is 0 Å². The van der Waals surface area contributed by atoms with E-state index >= 15 is 0 Å². The molecule has 1 aromatic carbocycles. The predicted octanol–water partition coefficient (Wildman–Crippen LogP) is 1.89. The van der Waals surface area contributed by atoms with Gasteiger partial charge >= 0.3 is 0 Å². The van der Waals surface area contributed by atoms with Crippen molar-refractivity contribution in [3.05, 3.63) is 23.8 Å². The van der Waals surface area contributed by atoms with Crippen molar-refractivity contribution in [2.24, 2.45) is 5.10 Å². The number of ether oxygens (including phenoxy) is 3. The van der Waals surface area contributed by atoms with Gasteiger partial charge in [-0.3, -0.25) is 4.79 Å². The Morgan fingerprint density at radius 1 is 1.33 bits per heavy atom. The van der Waals surface area contributed by atoms with Gasteiger partial charge < -0.3 is 19.6 Å². The highest BCUT2D eigenvalue weighted by Gasteiger charge is 2.14. The van der Waals surface area contributed by atoms with Crippen LogP contribution in [0, 0.1) is 0 Å². The summed E-state index contributed by atoms with van der Waals surface area (Å²) in [6.45, 7) is 6.11. The SMILES string of the molecule is C=NNC(C)CC(=O)c1ccc(OCCOC)c(OC)c1. The number of nitrogens with zero attached hydrogens (tertiary/aromatic N) is 1. The number of nitrogens with one attached hydrogen (secondary N) is 1. The molecule has 0 aliphatic rings. The minimum absolute atomic E-state index is 0.000363. The zero-order valence-electron chi connectivity index (χ0n) is 12.7. The van der Waals surface area contributed by atoms with Gasteiger partial charge in [0.2, 0.25) is 0 Å². The molecule has 21 heavy (non-hydrogen) atoms. The molecule has 0 heterocycles. The zero-order valence-corrected chi connectivity index (χ0v) is 12.7. The van der Waals surface area contributed by atoms with E-state index in [0.29, 0.717) is 36.7 Å². The van der Waals surface area contributed by atoms with Gasteiger partial charge in [0.1, 0.15) is 6.61 Å². The van der Waals surface area contributed by atoms with Gasteiger partial charge in [0.15, 0.2) is 17.3 Å². The smallest absolute Gasteiger partial charge is 0.165 e. The fourth-order valence-corrected chi connectivity index (χ4v) is 1.79. The first-order chi connectivity index (χ1) is 10.1. The fraction of sp³-hybridized carbons (Fsp3) is 0.467. The molecule has 0 saturated carbocycles. The molecule has 0 saturated heterocycles. The molecule has 1 atom stereocenters. The van der Waals surface area contributed by atoms with Crippen LogP contribution in [-0.4, -0.2) is 46.0 Å². The molecule has 0 fully saturated rings. The zero-order chi connectivity index (χ0) is 15.7. The van der Waals surface area contributed by atoms with Gasteiger partial charge in [-0.15, -0.1) is 0 Å². The van der Waals surface area contributed by atoms with Crippen LogP contribution in [0.4, 0.5) is 0 Å². The molecule has 6 heteroatoms. The molecule has 0 spiro atoms. The Morgan fingerprint density at radius 2 is 2.10 bits per heavy atom. The van der Waals surface area contributed by atoms with E-state index in [1.807, 2.05) is 6.92 Å². The lowest BCUT2D eigenvalue weighted by Crippen LogP contribution is -2.23. The standard InChI is InChI=1S/C15H22N2O4/c1-11(17-16-2)9-13(18)12-5-6-14(15(10-12)20-4)21-8-7-19-3/h5-6,10-11,17H,2,7-9H2,1,3-4H3. The summed E-state index contributed by atoms with van der Waals surface area (Å²) in [5.74, 6) is 1.12. The van der Waals surface area contributed by atoms with Crippen molar-refractivity contribution in [1.82, 2.24) is 5.43 Å². The summed E-state index contributed by atoms with van der Waals surface area (Å²) in [7, 11) is 3.15. The number of Topliss-reactive ketones (excluding diaryl/α,β-unsaturated/α-hetero) is 1. The average molecular weight is 294 g/mol. The van der Waals surface area contributed by atoms with E-state index in [1.54, 1.807) is 32.4 Å². The summed E-state index contributed by atoms with van der Waals surface area (Å²) in [5.41, 5.74) is 3.32. The van der Waals surface area contributed by atoms with Crippen LogP contribution in [-0.2, 0) is 4.74 Å². The summed E-state index contributed by atoms with van der Waals surface area (Å²) in [5, 5.41) is 3.56. The Bertz CT molecular complexity index is 477. The molecule has 1 unspecified atom stereocenters. The molecular formula is C15H22N2O4. The lowest BCUT2D eigenvalue weighted by atomic mass is 10.0. The highest BCUT2D eigenvalue weighted by molar-refractivity contribution is 5.97. The van der Waals surface area contributed by atoms with Crippen molar-refractivity contribution in [1.29, 1.82) is 0 Å². The highest BCUT2D eigenvalue weighted by atomic mass is 16.5. The molecule has 0 aliphatic heterocycles. The van der Waals surface area contributed by atoms with Gasteiger partial charge in [-0.25, -0.2) is 0 Å². The second-order valence-corrected chi connectivity index (χ2v) is 4.52. The van der Waals surface area contributed by atoms with Crippen LogP contribution >= 0.6 is 0 Å². The minimum atomic E-state index is -0.0707. The summed E-state index contributed by atoms with van der Waals surface area (Å²) in [6, 6.07) is 5.06. The first-order valence-corrected chi connectivity index (χ1v) is 6.66. The van der Waals surface area contributed by atoms with E-state index in [0.717, 1.165) is 0 Å². The van der Waals surface area contributed by atoms with Gasteiger partial charge in [0, 0.05) is 31.9 Å². The number of ketones is 1. The molecule has 0 amide bonds. The first-order valence-electron chi connectivity index (χ1n) is 6.66. The van der Waals surface area contributed by atoms with Crippen molar-refractivity contribution in [2.75, 3.05) is 27.4 Å². The molecule has 1 rings (SSSR count). The summed E-state index contributed by atoms with van der Waals surface area (Å²) < 4.78 is 15.7. The van der Waals surface area contributed by atoms with Crippen LogP contribution in [0.3, 0.4) is 0 Å². The van der Waals surface area contributed by atoms with Gasteiger partial charge in [-0.1, -0.05) is 0 Å². The number of carbonyl (C=O) groups is 1. The highest BCUT2D eigenvalue weighted by Crippen LogP contribution is 2.28. The maximum absolute atomic E-state index is 12.2. The fourth-order valence-electron chi connectivity index (χ4n) is 1.79. The Hall–Kier alpha value is -2.08. The molecule has 0 aliphatic carbocycles. The van der Waals surface area contributed by atoms with E-state index in [-0.39, 0.29) is 11.8 Å². The van der Waals surface area contributed by atoms with Crippen molar-refractivity contribution < 1.29 is 19.0 Å². The van der Waals surface area contributed by atoms with Crippen LogP contribution in [0.1, 0.15) is 23.7 Å². The Balaban J connectivity index is 2.76. The van der Waals surface area contributed by atoms with Crippen molar-refractivity contribution in [2.45, 2.75) is 19.4 Å². The van der Waals surface area contributed by atoms with Crippen LogP contribution in [0.15, 0.2) is 23.3 Å². The maximum Gasteiger partial charge on any atom is 0.165 e. The molecule has 1 N–H and O–H groups in total. The molecule has 0 radical (unpaired) electrons. The molecular weight excluding hydrogens is 272 g/mol. The van der Waals surface area contributed by atoms with Crippen molar-refractivity contribution in [3.8, 4) is 11.5 Å². The first kappa shape index (κ1) is 17.0. The van der Waals surface area contributed by atoms with E-state index < -0.39 is 0 Å². The van der Waals surface area contributed by atoms with Gasteiger partial charge in [-0.05, 0) is 25.1 Å². The molecule has 116 valence electrons. The van der Waals surface area contributed by atoms with Gasteiger partial charge in [0.05, 0.1) is 13.7 Å². The summed E-state index contributed by atoms with van der Waals surface area (Å²) in [6.07, 6.45) is 0.325. The summed E-state index contributed by atoms with van der Waals surface area (Å²) >= 11 is 0. The molecule has 6 nitrogen and oxygen atoms in total. The second kappa shape index (κ2) is 8.97. The quantitative estimate of drug-likeness (QED) is 0.309. The number of hydrazone groups is 1. The largest absolute Gasteiger partial charge is 0.493 e. The number of benzene rings is 1. The van der Waals surface area contributed by atoms with Crippen LogP contribution in [0.2, 0.25) is 0 Å². The van der Waals surface area contributed by atoms with Crippen molar-refractivity contribution >= 4 is 12.5 Å². The number of methoxy groups -OCH3 is 2. The van der Waals surface area contributed by atoms with Crippen molar-refractivity contribution in [3.63, 3.8) is 0 Å². The lowest BCUT2D eigenvalue weighted by Gasteiger charge is -2.13. The Morgan fingerprint density at radius 3 is 2.71 bits per heavy atom. The molecule has 0 bridgehead atoms. The average Bonchev–Trinajstić information content (AvgIpc) is 2.47. The van der Waals surface area contributed by atoms with Crippen LogP contribution in [0.5, 0.6) is 11.5 Å².